The van der Waals surface area contributed by atoms with E-state index in [4.69, 9.17) is 14.6 Å². The maximum atomic E-state index is 11.4. The summed E-state index contributed by atoms with van der Waals surface area (Å²) in [5.41, 5.74) is 4.96. The number of aliphatic hydroxyl groups excluding tert-OH is 1. The normalized spacial score (nSPS) is 14.0. The first-order chi connectivity index (χ1) is 14.8. The number of ether oxygens (including phenoxy) is 2. The molecule has 3 rings (SSSR count). The summed E-state index contributed by atoms with van der Waals surface area (Å²) in [6, 6.07) is 6.85. The number of hydrogen-bond donors (Lipinski definition) is 2. The van der Waals surface area contributed by atoms with E-state index in [1.807, 2.05) is 39.8 Å². The van der Waals surface area contributed by atoms with E-state index in [0.29, 0.717) is 17.4 Å². The molecule has 0 spiro atoms. The maximum Gasteiger partial charge on any atom is 1.00 e. The Bertz CT molecular complexity index is 904. The zero-order chi connectivity index (χ0) is 24.6. The van der Waals surface area contributed by atoms with Crippen molar-refractivity contribution in [2.24, 2.45) is 0 Å². The molecule has 2 aromatic carbocycles. The number of epoxide rings is 1. The van der Waals surface area contributed by atoms with Gasteiger partial charge in [0.25, 0.3) is 0 Å². The molecule has 1 fully saturated rings. The summed E-state index contributed by atoms with van der Waals surface area (Å²) < 4.78 is 10.1. The van der Waals surface area contributed by atoms with Crippen LogP contribution >= 0.6 is 0 Å². The van der Waals surface area contributed by atoms with Crippen molar-refractivity contribution in [2.75, 3.05) is 13.2 Å². The molecule has 34 heavy (non-hydrogen) atoms. The predicted molar refractivity (Wildman–Crippen MR) is 128 cm³/mol. The smallest absolute Gasteiger partial charge is 0.870 e. The van der Waals surface area contributed by atoms with Crippen LogP contribution in [0.5, 0.6) is 11.5 Å². The summed E-state index contributed by atoms with van der Waals surface area (Å²) in [6.45, 7) is 15.5. The molecule has 0 aliphatic carbocycles. The predicted octanol–water partition coefficient (Wildman–Crippen LogP) is 1.71. The van der Waals surface area contributed by atoms with Gasteiger partial charge in [-0.15, -0.1) is 0 Å². The third-order valence-corrected chi connectivity index (χ3v) is 4.72. The number of carbonyl (C=O) groups is 2. The maximum absolute atomic E-state index is 11.4. The first kappa shape index (κ1) is 34.4. The van der Waals surface area contributed by atoms with Crippen LogP contribution in [0.2, 0.25) is 0 Å². The number of phenols is 1. The molecular formula is C26H37NaO7. The Balaban J connectivity index is 0. The molecule has 184 valence electrons. The largest absolute Gasteiger partial charge is 1.00 e. The van der Waals surface area contributed by atoms with E-state index in [1.54, 1.807) is 26.0 Å². The second-order valence-corrected chi connectivity index (χ2v) is 8.30. The summed E-state index contributed by atoms with van der Waals surface area (Å²) in [5.74, 6) is 1.03. The first-order valence-electron chi connectivity index (χ1n) is 10.7. The zero-order valence-electron chi connectivity index (χ0n) is 21.9. The van der Waals surface area contributed by atoms with Crippen molar-refractivity contribution in [1.82, 2.24) is 0 Å². The van der Waals surface area contributed by atoms with Crippen LogP contribution in [0.4, 0.5) is 0 Å². The van der Waals surface area contributed by atoms with Crippen LogP contribution in [0.3, 0.4) is 0 Å². The van der Waals surface area contributed by atoms with E-state index in [2.05, 4.69) is 6.92 Å². The molecule has 1 saturated heterocycles. The quantitative estimate of drug-likeness (QED) is 0.376. The van der Waals surface area contributed by atoms with Crippen LogP contribution < -0.4 is 34.3 Å². The number of hydrogen-bond acceptors (Lipinski definition) is 7. The van der Waals surface area contributed by atoms with Crippen LogP contribution in [0, 0.1) is 27.7 Å². The molecule has 0 saturated carbocycles. The van der Waals surface area contributed by atoms with Gasteiger partial charge < -0.3 is 25.2 Å². The van der Waals surface area contributed by atoms with Gasteiger partial charge in [0.15, 0.2) is 11.6 Å². The Morgan fingerprint density at radius 1 is 0.971 bits per heavy atom. The number of carbonyl (C=O) groups excluding carboxylic acids is 2. The molecule has 0 amide bonds. The molecule has 1 heterocycles. The van der Waals surface area contributed by atoms with Crippen molar-refractivity contribution in [2.45, 2.75) is 67.6 Å². The van der Waals surface area contributed by atoms with E-state index in [1.165, 1.54) is 6.92 Å². The van der Waals surface area contributed by atoms with Gasteiger partial charge in [-0.05, 0) is 102 Å². The molecule has 0 bridgehead atoms. The number of benzene rings is 2. The van der Waals surface area contributed by atoms with Gasteiger partial charge in [0.1, 0.15) is 18.1 Å². The van der Waals surface area contributed by atoms with E-state index < -0.39 is 6.10 Å². The second-order valence-electron chi connectivity index (χ2n) is 8.30. The summed E-state index contributed by atoms with van der Waals surface area (Å²) in [5, 5.41) is 18.3. The zero-order valence-corrected chi connectivity index (χ0v) is 23.9. The number of aliphatic hydroxyl groups is 1. The Hall–Kier alpha value is -1.74. The third kappa shape index (κ3) is 12.1. The van der Waals surface area contributed by atoms with Crippen molar-refractivity contribution in [3.05, 3.63) is 57.6 Å². The summed E-state index contributed by atoms with van der Waals surface area (Å²) in [7, 11) is 0. The standard InChI is InChI=1S/C13H18O3.C10H12O2.C3H6O.Na.H2O/c1-8-5-12(16-7-10(3)14)6-9(2)13(8)11(4)15;1-6-4-9(12)5-7(2)10(6)8(3)11;1-3-2-4-3;;/h5-6,10,14H,7H2,1-4H3;4-5,12H,1-3H3;3H,2H2,1H3;;1H2/q;;;+1;/p-1. The van der Waals surface area contributed by atoms with Crippen molar-refractivity contribution in [1.29, 1.82) is 0 Å². The monoisotopic (exact) mass is 484 g/mol. The summed E-state index contributed by atoms with van der Waals surface area (Å²) in [6.07, 6.45) is 0.0908. The van der Waals surface area contributed by atoms with Crippen LogP contribution in [-0.4, -0.2) is 52.7 Å². The molecule has 2 atom stereocenters. The van der Waals surface area contributed by atoms with Gasteiger partial charge in [-0.1, -0.05) is 0 Å². The van der Waals surface area contributed by atoms with Gasteiger partial charge in [-0.25, -0.2) is 0 Å². The average Bonchev–Trinajstić information content (AvgIpc) is 3.41. The molecule has 8 heteroatoms. The number of Topliss-reactive ketones (excluding diaryl/α,β-unsaturated/α-hetero) is 2. The van der Waals surface area contributed by atoms with Crippen molar-refractivity contribution >= 4 is 11.6 Å². The van der Waals surface area contributed by atoms with Gasteiger partial charge >= 0.3 is 29.6 Å². The Kier molecular flexibility index (Phi) is 16.2. The Morgan fingerprint density at radius 3 is 1.56 bits per heavy atom. The molecule has 2 unspecified atom stereocenters. The van der Waals surface area contributed by atoms with E-state index >= 15 is 0 Å². The molecule has 2 aromatic rings. The molecule has 7 nitrogen and oxygen atoms in total. The van der Waals surface area contributed by atoms with Crippen LogP contribution in [0.15, 0.2) is 24.3 Å². The van der Waals surface area contributed by atoms with E-state index in [9.17, 15) is 14.7 Å². The van der Waals surface area contributed by atoms with Gasteiger partial charge in [0.2, 0.25) is 0 Å². The molecule has 1 aliphatic rings. The SMILES string of the molecule is CC(=O)c1c(C)cc(O)cc1C.CC(=O)c1c(C)cc(OCC(C)O)cc1C.CC1CO1.[Na+].[OH-]. The van der Waals surface area contributed by atoms with Crippen molar-refractivity contribution in [3.63, 3.8) is 0 Å². The second kappa shape index (κ2) is 16.0. The third-order valence-electron chi connectivity index (χ3n) is 4.72. The summed E-state index contributed by atoms with van der Waals surface area (Å²) >= 11 is 0. The molecule has 3 N–H and O–H groups in total. The summed E-state index contributed by atoms with van der Waals surface area (Å²) in [4.78, 5) is 22.5. The van der Waals surface area contributed by atoms with Crippen molar-refractivity contribution in [3.8, 4) is 11.5 Å². The minimum absolute atomic E-state index is 0. The molecular weight excluding hydrogens is 447 g/mol. The van der Waals surface area contributed by atoms with E-state index in [0.717, 1.165) is 34.4 Å². The van der Waals surface area contributed by atoms with Crippen molar-refractivity contribution < 1.29 is 64.3 Å². The Morgan fingerprint density at radius 2 is 1.29 bits per heavy atom. The molecule has 0 radical (unpaired) electrons. The fourth-order valence-electron chi connectivity index (χ4n) is 3.37. The van der Waals surface area contributed by atoms with Crippen LogP contribution in [0.25, 0.3) is 0 Å². The van der Waals surface area contributed by atoms with Gasteiger partial charge in [0, 0.05) is 11.1 Å². The number of phenolic OH excluding ortho intramolecular Hbond substituents is 1. The number of aryl methyl sites for hydroxylation is 4. The average molecular weight is 485 g/mol. The fraction of sp³-hybridized carbons (Fsp3) is 0.462. The van der Waals surface area contributed by atoms with Gasteiger partial charge in [-0.3, -0.25) is 9.59 Å². The Labute approximate surface area is 225 Å². The number of rotatable bonds is 5. The van der Waals surface area contributed by atoms with Gasteiger partial charge in [-0.2, -0.15) is 0 Å². The first-order valence-corrected chi connectivity index (χ1v) is 10.7. The fourth-order valence-corrected chi connectivity index (χ4v) is 3.37. The molecule has 0 aromatic heterocycles. The van der Waals surface area contributed by atoms with Crippen LogP contribution in [-0.2, 0) is 4.74 Å². The van der Waals surface area contributed by atoms with Crippen LogP contribution in [0.1, 0.15) is 70.7 Å². The minimum Gasteiger partial charge on any atom is -0.870 e. The number of aromatic hydroxyl groups is 1. The van der Waals surface area contributed by atoms with E-state index in [-0.39, 0.29) is 59.0 Å². The number of ketones is 2. The molecule has 1 aliphatic heterocycles. The van der Waals surface area contributed by atoms with Gasteiger partial charge in [0.05, 0.1) is 18.8 Å². The minimum atomic E-state index is -0.493. The topological polar surface area (TPSA) is 126 Å².